The van der Waals surface area contributed by atoms with Crippen molar-refractivity contribution in [2.45, 2.75) is 25.1 Å². The van der Waals surface area contributed by atoms with Crippen molar-refractivity contribution in [2.24, 2.45) is 5.73 Å². The lowest BCUT2D eigenvalue weighted by atomic mass is 9.95. The van der Waals surface area contributed by atoms with E-state index >= 15 is 0 Å². The van der Waals surface area contributed by atoms with Gasteiger partial charge in [-0.3, -0.25) is 0 Å². The van der Waals surface area contributed by atoms with Crippen molar-refractivity contribution in [2.75, 3.05) is 25.1 Å². The molecule has 3 N–H and O–H groups in total. The molecule has 11 heteroatoms. The summed E-state index contributed by atoms with van der Waals surface area (Å²) in [6.45, 7) is 1.28. The maximum atomic E-state index is 14.5. The molecular weight excluding hydrogens is 500 g/mol. The Bertz CT molecular complexity index is 1300. The first-order valence-electron chi connectivity index (χ1n) is 10.8. The number of nitrogens with zero attached hydrogens (tertiary/aromatic N) is 3. The van der Waals surface area contributed by atoms with E-state index in [1.54, 1.807) is 12.1 Å². The first kappa shape index (κ1) is 27.0. The molecular formula is C25H23ClF4N4O2. The van der Waals surface area contributed by atoms with Crippen LogP contribution in [0.4, 0.5) is 23.4 Å². The van der Waals surface area contributed by atoms with Crippen molar-refractivity contribution >= 4 is 18.2 Å². The van der Waals surface area contributed by atoms with Crippen LogP contribution in [0.5, 0.6) is 11.5 Å². The molecule has 0 unspecified atom stereocenters. The topological polar surface area (TPSA) is 95.4 Å². The van der Waals surface area contributed by atoms with Crippen LogP contribution < -0.4 is 15.4 Å². The van der Waals surface area contributed by atoms with Gasteiger partial charge in [0.15, 0.2) is 0 Å². The second kappa shape index (κ2) is 10.6. The van der Waals surface area contributed by atoms with Crippen LogP contribution in [-0.2, 0) is 6.18 Å². The fourth-order valence-corrected chi connectivity index (χ4v) is 4.13. The number of aromatic hydroxyl groups is 1. The third-order valence-electron chi connectivity index (χ3n) is 6.01. The van der Waals surface area contributed by atoms with Crippen LogP contribution in [0.2, 0.25) is 0 Å². The number of rotatable bonds is 4. The highest BCUT2D eigenvalue weighted by Crippen LogP contribution is 2.44. The van der Waals surface area contributed by atoms with Crippen molar-refractivity contribution < 1.29 is 27.4 Å². The summed E-state index contributed by atoms with van der Waals surface area (Å²) < 4.78 is 59.7. The third kappa shape index (κ3) is 5.32. The number of phenolic OH excluding ortho intramolecular Hbond substituents is 1. The summed E-state index contributed by atoms with van der Waals surface area (Å²) in [5.41, 5.74) is 5.68. The number of hydrogen-bond donors (Lipinski definition) is 2. The summed E-state index contributed by atoms with van der Waals surface area (Å²) in [5, 5.41) is 19.2. The van der Waals surface area contributed by atoms with Crippen molar-refractivity contribution in [3.05, 3.63) is 59.4 Å². The summed E-state index contributed by atoms with van der Waals surface area (Å²) in [7, 11) is 1.40. The molecule has 1 aliphatic heterocycles. The molecule has 6 nitrogen and oxygen atoms in total. The minimum absolute atomic E-state index is 0. The monoisotopic (exact) mass is 522 g/mol. The zero-order valence-electron chi connectivity index (χ0n) is 19.1. The predicted octanol–water partition coefficient (Wildman–Crippen LogP) is 5.51. The van der Waals surface area contributed by atoms with Gasteiger partial charge < -0.3 is 20.5 Å². The van der Waals surface area contributed by atoms with Crippen LogP contribution in [0, 0.1) is 17.1 Å². The number of ether oxygens (including phenoxy) is 1. The fraction of sp³-hybridized carbons (Fsp3) is 0.280. The molecule has 0 radical (unpaired) electrons. The van der Waals surface area contributed by atoms with E-state index in [2.05, 4.69) is 0 Å². The van der Waals surface area contributed by atoms with Gasteiger partial charge in [0.1, 0.15) is 29.2 Å². The van der Waals surface area contributed by atoms with Gasteiger partial charge in [0.05, 0.1) is 29.5 Å². The van der Waals surface area contributed by atoms with Crippen LogP contribution >= 0.6 is 12.4 Å². The van der Waals surface area contributed by atoms with Crippen molar-refractivity contribution in [3.63, 3.8) is 0 Å². The number of nitrogens with two attached hydrogens (primary N) is 1. The molecule has 1 aromatic heterocycles. The summed E-state index contributed by atoms with van der Waals surface area (Å²) in [5.74, 6) is -0.901. The molecule has 0 spiro atoms. The molecule has 1 aliphatic rings. The van der Waals surface area contributed by atoms with Crippen molar-refractivity contribution in [3.8, 4) is 40.0 Å². The molecule has 190 valence electrons. The van der Waals surface area contributed by atoms with Gasteiger partial charge in [-0.05, 0) is 42.7 Å². The van der Waals surface area contributed by atoms with Gasteiger partial charge in [0.25, 0.3) is 0 Å². The van der Waals surface area contributed by atoms with Gasteiger partial charge in [-0.25, -0.2) is 9.37 Å². The van der Waals surface area contributed by atoms with E-state index in [1.165, 1.54) is 25.3 Å². The van der Waals surface area contributed by atoms with E-state index in [1.807, 2.05) is 4.90 Å². The van der Waals surface area contributed by atoms with Gasteiger partial charge in [0, 0.05) is 30.8 Å². The summed E-state index contributed by atoms with van der Waals surface area (Å²) in [6.07, 6.45) is -3.23. The highest BCUT2D eigenvalue weighted by Gasteiger charge is 2.34. The minimum atomic E-state index is -4.73. The second-order valence-corrected chi connectivity index (χ2v) is 8.27. The first-order chi connectivity index (χ1) is 16.6. The van der Waals surface area contributed by atoms with E-state index in [4.69, 9.17) is 20.7 Å². The number of methoxy groups -OCH3 is 1. The number of hydrogen-bond acceptors (Lipinski definition) is 6. The number of aromatic nitrogens is 1. The van der Waals surface area contributed by atoms with Gasteiger partial charge in [0.2, 0.25) is 0 Å². The molecule has 0 amide bonds. The molecule has 1 saturated heterocycles. The molecule has 4 rings (SSSR count). The number of piperidine rings is 1. The number of benzene rings is 2. The van der Waals surface area contributed by atoms with Gasteiger partial charge in [-0.15, -0.1) is 12.4 Å². The maximum absolute atomic E-state index is 14.5. The zero-order chi connectivity index (χ0) is 25.3. The van der Waals surface area contributed by atoms with Gasteiger partial charge in [-0.1, -0.05) is 12.1 Å². The molecule has 0 atom stereocenters. The van der Waals surface area contributed by atoms with Crippen molar-refractivity contribution in [1.29, 1.82) is 5.26 Å². The summed E-state index contributed by atoms with van der Waals surface area (Å²) in [4.78, 5) is 6.73. The number of alkyl halides is 3. The number of pyridine rings is 1. The normalized spacial score (nSPS) is 14.2. The zero-order valence-corrected chi connectivity index (χ0v) is 20.0. The lowest BCUT2D eigenvalue weighted by Crippen LogP contribution is -2.40. The van der Waals surface area contributed by atoms with E-state index < -0.39 is 23.3 Å². The molecule has 3 aromatic rings. The first-order valence-corrected chi connectivity index (χ1v) is 10.8. The van der Waals surface area contributed by atoms with E-state index in [0.717, 1.165) is 31.0 Å². The lowest BCUT2D eigenvalue weighted by molar-refractivity contribution is -0.138. The Balaban J connectivity index is 0.00000361. The third-order valence-corrected chi connectivity index (χ3v) is 6.01. The molecule has 2 heterocycles. The number of anilines is 1. The molecule has 36 heavy (non-hydrogen) atoms. The number of halogens is 5. The van der Waals surface area contributed by atoms with Crippen LogP contribution in [0.25, 0.3) is 22.4 Å². The maximum Gasteiger partial charge on any atom is 0.419 e. The van der Waals surface area contributed by atoms with E-state index in [9.17, 15) is 22.7 Å². The van der Waals surface area contributed by atoms with Crippen molar-refractivity contribution in [1.82, 2.24) is 4.98 Å². The summed E-state index contributed by atoms with van der Waals surface area (Å²) >= 11 is 0. The predicted molar refractivity (Wildman–Crippen MR) is 130 cm³/mol. The molecule has 1 fully saturated rings. The smallest absolute Gasteiger partial charge is 0.419 e. The van der Waals surface area contributed by atoms with Gasteiger partial charge in [-0.2, -0.15) is 18.4 Å². The van der Waals surface area contributed by atoms with Crippen LogP contribution in [0.3, 0.4) is 0 Å². The standard InChI is InChI=1S/C25H22F4N4O2.ClH/c1-35-21-12-22(33-8-6-17(31)7-9-33)32-24(15-2-3-16(13-30)19(26)10-15)23(21)14-4-5-18(20(34)11-14)25(27,28)29;/h2-5,10-12,17,34H,6-9,31H2,1H3;1H. The Morgan fingerprint density at radius 1 is 1.11 bits per heavy atom. The Kier molecular flexibility index (Phi) is 7.96. The Labute approximate surface area is 211 Å². The van der Waals surface area contributed by atoms with E-state index in [-0.39, 0.29) is 46.6 Å². The Morgan fingerprint density at radius 3 is 2.33 bits per heavy atom. The quantitative estimate of drug-likeness (QED) is 0.439. The fourth-order valence-electron chi connectivity index (χ4n) is 4.13. The van der Waals surface area contributed by atoms with Crippen LogP contribution in [0.1, 0.15) is 24.0 Å². The molecule has 0 saturated carbocycles. The Hall–Kier alpha value is -3.55. The Morgan fingerprint density at radius 2 is 1.78 bits per heavy atom. The lowest BCUT2D eigenvalue weighted by Gasteiger charge is -2.32. The average Bonchev–Trinajstić information content (AvgIpc) is 2.82. The molecule has 0 bridgehead atoms. The highest BCUT2D eigenvalue weighted by atomic mass is 35.5. The van der Waals surface area contributed by atoms with Crippen LogP contribution in [0.15, 0.2) is 42.5 Å². The average molecular weight is 523 g/mol. The highest BCUT2D eigenvalue weighted by molar-refractivity contribution is 5.87. The van der Waals surface area contributed by atoms with Gasteiger partial charge >= 0.3 is 6.18 Å². The molecule has 2 aromatic carbocycles. The summed E-state index contributed by atoms with van der Waals surface area (Å²) in [6, 6.07) is 10.4. The largest absolute Gasteiger partial charge is 0.507 e. The SMILES string of the molecule is COc1cc(N2CCC(N)CC2)nc(-c2ccc(C#N)c(F)c2)c1-c1ccc(C(F)(F)F)c(O)c1.Cl. The molecule has 0 aliphatic carbocycles. The number of phenols is 1. The number of nitriles is 1. The minimum Gasteiger partial charge on any atom is -0.507 e. The second-order valence-electron chi connectivity index (χ2n) is 8.27. The van der Waals surface area contributed by atoms with E-state index in [0.29, 0.717) is 24.5 Å². The van der Waals surface area contributed by atoms with Crippen LogP contribution in [-0.4, -0.2) is 36.3 Å².